The van der Waals surface area contributed by atoms with E-state index in [-0.39, 0.29) is 12.4 Å². The van der Waals surface area contributed by atoms with Gasteiger partial charge in [-0.1, -0.05) is 76.1 Å². The monoisotopic (exact) mass is 335 g/mol. The molecule has 0 unspecified atom stereocenters. The van der Waals surface area contributed by atoms with Gasteiger partial charge < -0.3 is 16.9 Å². The van der Waals surface area contributed by atoms with Crippen LogP contribution in [0.4, 0.5) is 0 Å². The van der Waals surface area contributed by atoms with Gasteiger partial charge in [0.05, 0.1) is 19.6 Å². The van der Waals surface area contributed by atoms with Crippen molar-refractivity contribution >= 4 is 0 Å². The highest BCUT2D eigenvalue weighted by Crippen LogP contribution is 2.18. The fraction of sp³-hybridized carbons (Fsp3) is 0.524. The maximum Gasteiger partial charge on any atom is 0.105 e. The molecule has 0 spiro atoms. The molecule has 1 aromatic carbocycles. The van der Waals surface area contributed by atoms with Crippen LogP contribution in [0.5, 0.6) is 0 Å². The van der Waals surface area contributed by atoms with Crippen molar-refractivity contribution < 1.29 is 16.9 Å². The topological polar surface area (TPSA) is 0 Å². The van der Waals surface area contributed by atoms with E-state index in [1.54, 1.807) is 0 Å². The van der Waals surface area contributed by atoms with Crippen LogP contribution in [0, 0.1) is 0 Å². The van der Waals surface area contributed by atoms with Gasteiger partial charge in [-0.05, 0) is 25.0 Å². The molecular weight excluding hydrogens is 302 g/mol. The molecule has 23 heavy (non-hydrogen) atoms. The van der Waals surface area contributed by atoms with Crippen molar-refractivity contribution in [2.75, 3.05) is 19.6 Å². The van der Waals surface area contributed by atoms with E-state index < -0.39 is 0 Å². The lowest BCUT2D eigenvalue weighted by Crippen LogP contribution is -3.00. The zero-order valence-electron chi connectivity index (χ0n) is 14.9. The van der Waals surface area contributed by atoms with Gasteiger partial charge in [0, 0.05) is 5.56 Å². The molecule has 1 rings (SSSR count). The third-order valence-electron chi connectivity index (χ3n) is 4.38. The average Bonchev–Trinajstić information content (AvgIpc) is 2.52. The van der Waals surface area contributed by atoms with Crippen LogP contribution >= 0.6 is 0 Å². The molecule has 0 aliphatic carbocycles. The molecule has 0 N–H and O–H groups in total. The molecule has 1 aromatic rings. The van der Waals surface area contributed by atoms with Gasteiger partial charge in [-0.15, -0.1) is 0 Å². The van der Waals surface area contributed by atoms with Gasteiger partial charge in [-0.3, -0.25) is 0 Å². The zero-order chi connectivity index (χ0) is 16.1. The van der Waals surface area contributed by atoms with Crippen molar-refractivity contribution in [1.29, 1.82) is 0 Å². The van der Waals surface area contributed by atoms with Crippen LogP contribution < -0.4 is 12.4 Å². The molecule has 0 atom stereocenters. The summed E-state index contributed by atoms with van der Waals surface area (Å²) in [6, 6.07) is 10.8. The SMILES string of the molecule is C=CC[N+](CC=C)(CCCCCCCC)Cc1ccccc1.[Cl-]. The number of nitrogens with zero attached hydrogens (tertiary/aromatic N) is 1. The minimum Gasteiger partial charge on any atom is -1.00 e. The van der Waals surface area contributed by atoms with Crippen LogP contribution in [-0.4, -0.2) is 24.1 Å². The van der Waals surface area contributed by atoms with E-state index in [0.29, 0.717) is 0 Å². The summed E-state index contributed by atoms with van der Waals surface area (Å²) in [5.74, 6) is 0. The molecule has 0 amide bonds. The van der Waals surface area contributed by atoms with E-state index in [4.69, 9.17) is 0 Å². The number of hydrogen-bond acceptors (Lipinski definition) is 0. The lowest BCUT2D eigenvalue weighted by atomic mass is 10.1. The average molecular weight is 336 g/mol. The molecule has 1 nitrogen and oxygen atoms in total. The molecule has 0 heterocycles. The summed E-state index contributed by atoms with van der Waals surface area (Å²) in [5.41, 5.74) is 1.41. The summed E-state index contributed by atoms with van der Waals surface area (Å²) in [6.07, 6.45) is 12.3. The Labute approximate surface area is 150 Å². The lowest BCUT2D eigenvalue weighted by Gasteiger charge is -2.37. The summed E-state index contributed by atoms with van der Waals surface area (Å²) >= 11 is 0. The van der Waals surface area contributed by atoms with Crippen LogP contribution in [0.15, 0.2) is 55.6 Å². The number of hydrogen-bond donors (Lipinski definition) is 0. The summed E-state index contributed by atoms with van der Waals surface area (Å²) in [6.45, 7) is 14.6. The van der Waals surface area contributed by atoms with Crippen molar-refractivity contribution in [2.45, 2.75) is 52.0 Å². The molecule has 0 fully saturated rings. The van der Waals surface area contributed by atoms with Crippen LogP contribution in [0.25, 0.3) is 0 Å². The minimum atomic E-state index is 0. The Morgan fingerprint density at radius 3 is 2.00 bits per heavy atom. The highest BCUT2D eigenvalue weighted by molar-refractivity contribution is 5.13. The normalized spacial score (nSPS) is 10.8. The Hall–Kier alpha value is -1.05. The fourth-order valence-electron chi connectivity index (χ4n) is 3.21. The second kappa shape index (κ2) is 13.4. The predicted molar refractivity (Wildman–Crippen MR) is 98.8 cm³/mol. The highest BCUT2D eigenvalue weighted by Gasteiger charge is 2.24. The largest absolute Gasteiger partial charge is 1.00 e. The van der Waals surface area contributed by atoms with E-state index in [0.717, 1.165) is 24.1 Å². The number of unbranched alkanes of at least 4 members (excludes halogenated alkanes) is 5. The van der Waals surface area contributed by atoms with Gasteiger partial charge in [0.2, 0.25) is 0 Å². The molecule has 130 valence electrons. The minimum absolute atomic E-state index is 0. The lowest BCUT2D eigenvalue weighted by molar-refractivity contribution is -0.930. The molecule has 0 aromatic heterocycles. The van der Waals surface area contributed by atoms with Crippen molar-refractivity contribution in [3.05, 3.63) is 61.2 Å². The van der Waals surface area contributed by atoms with Gasteiger partial charge in [-0.25, -0.2) is 0 Å². The number of rotatable bonds is 13. The first-order chi connectivity index (χ1) is 10.8. The standard InChI is InChI=1S/C21H34N.ClH/c1-4-7-8-9-10-14-19-22(17-5-2,18-6-3)20-21-15-12-11-13-16-21;/h5-6,11-13,15-16H,2-4,7-10,14,17-20H2,1H3;1H/q+1;/p-1. The zero-order valence-corrected chi connectivity index (χ0v) is 15.6. The van der Waals surface area contributed by atoms with Crippen LogP contribution in [0.2, 0.25) is 0 Å². The number of quaternary nitrogens is 1. The molecule has 0 saturated carbocycles. The molecule has 0 aliphatic rings. The highest BCUT2D eigenvalue weighted by atomic mass is 35.5. The first kappa shape index (κ1) is 21.9. The van der Waals surface area contributed by atoms with E-state index in [1.165, 1.54) is 50.6 Å². The fourth-order valence-corrected chi connectivity index (χ4v) is 3.21. The molecule has 0 saturated heterocycles. The number of halogens is 1. The Morgan fingerprint density at radius 2 is 1.43 bits per heavy atom. The third kappa shape index (κ3) is 8.98. The third-order valence-corrected chi connectivity index (χ3v) is 4.38. The Balaban J connectivity index is 0.00000484. The summed E-state index contributed by atoms with van der Waals surface area (Å²) < 4.78 is 1.06. The van der Waals surface area contributed by atoms with Gasteiger partial charge >= 0.3 is 0 Å². The van der Waals surface area contributed by atoms with E-state index >= 15 is 0 Å². The van der Waals surface area contributed by atoms with Crippen LogP contribution in [0.1, 0.15) is 51.0 Å². The van der Waals surface area contributed by atoms with Gasteiger partial charge in [0.1, 0.15) is 6.54 Å². The smallest absolute Gasteiger partial charge is 0.105 e. The van der Waals surface area contributed by atoms with Crippen molar-refractivity contribution in [1.82, 2.24) is 0 Å². The number of benzene rings is 1. The predicted octanol–water partition coefficient (Wildman–Crippen LogP) is 2.74. The van der Waals surface area contributed by atoms with Gasteiger partial charge in [-0.2, -0.15) is 0 Å². The van der Waals surface area contributed by atoms with Gasteiger partial charge in [0.15, 0.2) is 0 Å². The Kier molecular flexibility index (Phi) is 12.8. The molecule has 0 aliphatic heterocycles. The van der Waals surface area contributed by atoms with E-state index in [1.807, 2.05) is 0 Å². The molecule has 0 radical (unpaired) electrons. The molecule has 0 bridgehead atoms. The van der Waals surface area contributed by atoms with E-state index in [9.17, 15) is 0 Å². The second-order valence-corrected chi connectivity index (χ2v) is 6.42. The van der Waals surface area contributed by atoms with Gasteiger partial charge in [0.25, 0.3) is 0 Å². The van der Waals surface area contributed by atoms with Crippen molar-refractivity contribution in [2.24, 2.45) is 0 Å². The molecule has 2 heteroatoms. The maximum absolute atomic E-state index is 3.99. The van der Waals surface area contributed by atoms with Crippen molar-refractivity contribution in [3.63, 3.8) is 0 Å². The maximum atomic E-state index is 3.99. The summed E-state index contributed by atoms with van der Waals surface area (Å²) in [4.78, 5) is 0. The molecular formula is C21H34ClN. The first-order valence-corrected chi connectivity index (χ1v) is 8.87. The first-order valence-electron chi connectivity index (χ1n) is 8.87. The van der Waals surface area contributed by atoms with Crippen molar-refractivity contribution in [3.8, 4) is 0 Å². The van der Waals surface area contributed by atoms with E-state index in [2.05, 4.69) is 62.6 Å². The quantitative estimate of drug-likeness (QED) is 0.295. The second-order valence-electron chi connectivity index (χ2n) is 6.42. The Morgan fingerprint density at radius 1 is 0.870 bits per heavy atom. The Bertz CT molecular complexity index is 403. The summed E-state index contributed by atoms with van der Waals surface area (Å²) in [5, 5.41) is 0. The van der Waals surface area contributed by atoms with Crippen LogP contribution in [-0.2, 0) is 6.54 Å². The summed E-state index contributed by atoms with van der Waals surface area (Å²) in [7, 11) is 0. The van der Waals surface area contributed by atoms with Crippen LogP contribution in [0.3, 0.4) is 0 Å².